The van der Waals surface area contributed by atoms with Crippen LogP contribution in [0, 0.1) is 6.92 Å². The normalized spacial score (nSPS) is 16.0. The van der Waals surface area contributed by atoms with Gasteiger partial charge in [0.15, 0.2) is 11.5 Å². The molecule has 0 N–H and O–H groups in total. The summed E-state index contributed by atoms with van der Waals surface area (Å²) in [4.78, 5) is 27.4. The smallest absolute Gasteiger partial charge is 0.242 e. The maximum Gasteiger partial charge on any atom is 0.242 e. The fourth-order valence-electron chi connectivity index (χ4n) is 3.23. The molecule has 0 radical (unpaired) electrons. The van der Waals surface area contributed by atoms with Crippen molar-refractivity contribution in [2.24, 2.45) is 0 Å². The molecule has 2 aromatic rings. The first-order valence-electron chi connectivity index (χ1n) is 8.94. The number of hydrogen-bond donors (Lipinski definition) is 0. The number of piperazine rings is 1. The van der Waals surface area contributed by atoms with Gasteiger partial charge in [0.25, 0.3) is 0 Å². The lowest BCUT2D eigenvalue weighted by Crippen LogP contribution is -2.50. The molecule has 0 bridgehead atoms. The summed E-state index contributed by atoms with van der Waals surface area (Å²) in [6.45, 7) is 4.45. The number of hydrogen-bond acceptors (Lipinski definition) is 7. The maximum atomic E-state index is 12.7. The van der Waals surface area contributed by atoms with E-state index in [1.165, 1.54) is 0 Å². The first-order chi connectivity index (χ1) is 13.0. The molecule has 0 spiro atoms. The van der Waals surface area contributed by atoms with Crippen LogP contribution in [0.15, 0.2) is 24.3 Å². The van der Waals surface area contributed by atoms with Gasteiger partial charge in [-0.25, -0.2) is 4.98 Å². The molecule has 8 nitrogen and oxygen atoms in total. The fourth-order valence-corrected chi connectivity index (χ4v) is 3.23. The minimum Gasteiger partial charge on any atom is -0.454 e. The van der Waals surface area contributed by atoms with Crippen molar-refractivity contribution in [1.29, 1.82) is 0 Å². The molecule has 1 fully saturated rings. The summed E-state index contributed by atoms with van der Waals surface area (Å²) in [5.41, 5.74) is 1.92. The zero-order valence-corrected chi connectivity index (χ0v) is 15.8. The Bertz CT molecular complexity index is 870. The van der Waals surface area contributed by atoms with Gasteiger partial charge in [-0.1, -0.05) is 6.07 Å². The summed E-state index contributed by atoms with van der Waals surface area (Å²) in [7, 11) is 3.82. The second-order valence-electron chi connectivity index (χ2n) is 6.99. The number of aromatic nitrogens is 2. The van der Waals surface area contributed by atoms with E-state index in [0.29, 0.717) is 25.6 Å². The predicted octanol–water partition coefficient (Wildman–Crippen LogP) is 1.43. The van der Waals surface area contributed by atoms with Crippen molar-refractivity contribution >= 4 is 17.7 Å². The summed E-state index contributed by atoms with van der Waals surface area (Å²) in [5.74, 6) is 3.03. The summed E-state index contributed by atoms with van der Waals surface area (Å²) in [5, 5.41) is 0. The van der Waals surface area contributed by atoms with Gasteiger partial charge in [-0.2, -0.15) is 4.98 Å². The molecule has 1 aromatic heterocycles. The lowest BCUT2D eigenvalue weighted by molar-refractivity contribution is -0.131. The number of aryl methyl sites for hydroxylation is 1. The Labute approximate surface area is 158 Å². The van der Waals surface area contributed by atoms with E-state index in [9.17, 15) is 4.79 Å². The third kappa shape index (κ3) is 3.60. The van der Waals surface area contributed by atoms with E-state index in [1.807, 2.05) is 60.0 Å². The van der Waals surface area contributed by atoms with E-state index in [0.717, 1.165) is 35.1 Å². The van der Waals surface area contributed by atoms with Crippen LogP contribution in [0.5, 0.6) is 11.5 Å². The van der Waals surface area contributed by atoms with Gasteiger partial charge in [-0.15, -0.1) is 0 Å². The van der Waals surface area contributed by atoms with E-state index in [1.54, 1.807) is 0 Å². The first-order valence-corrected chi connectivity index (χ1v) is 8.94. The lowest BCUT2D eigenvalue weighted by Gasteiger charge is -2.35. The molecular formula is C19H23N5O3. The summed E-state index contributed by atoms with van der Waals surface area (Å²) in [6, 6.07) is 7.74. The van der Waals surface area contributed by atoms with Crippen LogP contribution in [-0.2, 0) is 11.3 Å². The molecule has 0 atom stereocenters. The maximum absolute atomic E-state index is 12.7. The van der Waals surface area contributed by atoms with Crippen molar-refractivity contribution in [3.8, 4) is 11.5 Å². The second kappa shape index (κ2) is 6.94. The Morgan fingerprint density at radius 3 is 2.70 bits per heavy atom. The quantitative estimate of drug-likeness (QED) is 0.807. The van der Waals surface area contributed by atoms with Crippen LogP contribution >= 0.6 is 0 Å². The van der Waals surface area contributed by atoms with Crippen LogP contribution < -0.4 is 19.3 Å². The molecule has 142 valence electrons. The molecule has 0 saturated carbocycles. The molecule has 2 aliphatic heterocycles. The van der Waals surface area contributed by atoms with Crippen molar-refractivity contribution in [1.82, 2.24) is 14.9 Å². The van der Waals surface area contributed by atoms with Crippen LogP contribution in [0.1, 0.15) is 11.3 Å². The average molecular weight is 369 g/mol. The molecule has 1 aromatic carbocycles. The molecule has 3 heterocycles. The Kier molecular flexibility index (Phi) is 4.47. The molecular weight excluding hydrogens is 346 g/mol. The van der Waals surface area contributed by atoms with Crippen molar-refractivity contribution < 1.29 is 14.3 Å². The Morgan fingerprint density at radius 2 is 1.93 bits per heavy atom. The van der Waals surface area contributed by atoms with Gasteiger partial charge in [0.2, 0.25) is 18.6 Å². The standard InChI is InChI=1S/C19H23N5O3/c1-13-8-17(21-19(20-13)22(2)3)23-6-7-24(18(25)11-23)10-14-4-5-15-16(9-14)27-12-26-15/h4-5,8-9H,6-7,10-12H2,1-3H3. The highest BCUT2D eigenvalue weighted by atomic mass is 16.7. The average Bonchev–Trinajstić information content (AvgIpc) is 3.10. The van der Waals surface area contributed by atoms with Crippen LogP contribution in [0.4, 0.5) is 11.8 Å². The van der Waals surface area contributed by atoms with Gasteiger partial charge in [0.05, 0.1) is 6.54 Å². The number of rotatable bonds is 4. The number of benzene rings is 1. The molecule has 0 aliphatic carbocycles. The van der Waals surface area contributed by atoms with Crippen molar-refractivity contribution in [3.63, 3.8) is 0 Å². The molecule has 8 heteroatoms. The van der Waals surface area contributed by atoms with E-state index >= 15 is 0 Å². The third-order valence-corrected chi connectivity index (χ3v) is 4.68. The van der Waals surface area contributed by atoms with Crippen molar-refractivity contribution in [2.75, 3.05) is 50.3 Å². The largest absolute Gasteiger partial charge is 0.454 e. The monoisotopic (exact) mass is 369 g/mol. The van der Waals surface area contributed by atoms with Crippen molar-refractivity contribution in [3.05, 3.63) is 35.5 Å². The lowest BCUT2D eigenvalue weighted by atomic mass is 10.1. The zero-order chi connectivity index (χ0) is 19.0. The molecule has 4 rings (SSSR count). The highest BCUT2D eigenvalue weighted by molar-refractivity contribution is 5.82. The van der Waals surface area contributed by atoms with Crippen molar-refractivity contribution in [2.45, 2.75) is 13.5 Å². The third-order valence-electron chi connectivity index (χ3n) is 4.68. The number of ether oxygens (including phenoxy) is 2. The summed E-state index contributed by atoms with van der Waals surface area (Å²) in [6.07, 6.45) is 0. The number of nitrogens with zero attached hydrogens (tertiary/aromatic N) is 5. The molecule has 27 heavy (non-hydrogen) atoms. The number of fused-ring (bicyclic) bond motifs is 1. The minimum atomic E-state index is 0.0848. The number of anilines is 2. The Morgan fingerprint density at radius 1 is 1.11 bits per heavy atom. The SMILES string of the molecule is Cc1cc(N2CCN(Cc3ccc4c(c3)OCO4)C(=O)C2)nc(N(C)C)n1. The number of amides is 1. The minimum absolute atomic E-state index is 0.0848. The van der Waals surface area contributed by atoms with Gasteiger partial charge in [0, 0.05) is 45.5 Å². The van der Waals surface area contributed by atoms with Crippen LogP contribution in [0.3, 0.4) is 0 Å². The molecule has 1 saturated heterocycles. The topological polar surface area (TPSA) is 71.0 Å². The zero-order valence-electron chi connectivity index (χ0n) is 15.8. The van der Waals surface area contributed by atoms with E-state index in [-0.39, 0.29) is 12.7 Å². The fraction of sp³-hybridized carbons (Fsp3) is 0.421. The van der Waals surface area contributed by atoms with Gasteiger partial charge in [0.1, 0.15) is 5.82 Å². The van der Waals surface area contributed by atoms with E-state index < -0.39 is 0 Å². The summed E-state index contributed by atoms with van der Waals surface area (Å²) >= 11 is 0. The summed E-state index contributed by atoms with van der Waals surface area (Å²) < 4.78 is 10.8. The molecule has 2 aliphatic rings. The van der Waals surface area contributed by atoms with E-state index in [2.05, 4.69) is 9.97 Å². The van der Waals surface area contributed by atoms with Gasteiger partial charge in [-0.3, -0.25) is 4.79 Å². The van der Waals surface area contributed by atoms with Gasteiger partial charge < -0.3 is 24.2 Å². The van der Waals surface area contributed by atoms with Crippen LogP contribution in [-0.4, -0.2) is 61.3 Å². The second-order valence-corrected chi connectivity index (χ2v) is 6.99. The number of carbonyl (C=O) groups is 1. The van der Waals surface area contributed by atoms with E-state index in [4.69, 9.17) is 9.47 Å². The van der Waals surface area contributed by atoms with Crippen LogP contribution in [0.25, 0.3) is 0 Å². The van der Waals surface area contributed by atoms with Crippen LogP contribution in [0.2, 0.25) is 0 Å². The molecule has 0 unspecified atom stereocenters. The predicted molar refractivity (Wildman–Crippen MR) is 101 cm³/mol. The Hall–Kier alpha value is -3.03. The Balaban J connectivity index is 1.44. The highest BCUT2D eigenvalue weighted by Crippen LogP contribution is 2.33. The molecule has 1 amide bonds. The number of carbonyl (C=O) groups excluding carboxylic acids is 1. The van der Waals surface area contributed by atoms with Gasteiger partial charge >= 0.3 is 0 Å². The van der Waals surface area contributed by atoms with Gasteiger partial charge in [-0.05, 0) is 24.6 Å². The first kappa shape index (κ1) is 17.4. The highest BCUT2D eigenvalue weighted by Gasteiger charge is 2.26.